The fraction of sp³-hybridized carbons (Fsp3) is 0.833. The highest BCUT2D eigenvalue weighted by Crippen LogP contribution is 2.30. The Hall–Kier alpha value is -0.370. The highest BCUT2D eigenvalue weighted by Gasteiger charge is 2.39. The Morgan fingerprint density at radius 2 is 2.38 bits per heavy atom. The molecule has 2 unspecified atom stereocenters. The summed E-state index contributed by atoms with van der Waals surface area (Å²) < 4.78 is 0. The topological polar surface area (TPSA) is 29.1 Å². The monoisotopic (exact) mass is 113 g/mol. The van der Waals surface area contributed by atoms with Gasteiger partial charge in [0.15, 0.2) is 0 Å². The minimum absolute atomic E-state index is 0.323. The molecule has 2 nitrogen and oxygen atoms in total. The van der Waals surface area contributed by atoms with E-state index in [9.17, 15) is 4.79 Å². The SMILES string of the molecule is CNC1CC1C(C)=O. The van der Waals surface area contributed by atoms with Crippen molar-refractivity contribution in [2.45, 2.75) is 19.4 Å². The highest BCUT2D eigenvalue weighted by molar-refractivity contribution is 5.81. The predicted molar refractivity (Wildman–Crippen MR) is 31.6 cm³/mol. The maximum absolute atomic E-state index is 10.5. The van der Waals surface area contributed by atoms with Gasteiger partial charge in [0, 0.05) is 12.0 Å². The molecule has 0 aromatic heterocycles. The van der Waals surface area contributed by atoms with Crippen molar-refractivity contribution in [3.63, 3.8) is 0 Å². The van der Waals surface area contributed by atoms with Crippen LogP contribution >= 0.6 is 0 Å². The summed E-state index contributed by atoms with van der Waals surface area (Å²) in [6.07, 6.45) is 1.05. The van der Waals surface area contributed by atoms with Crippen LogP contribution in [0.1, 0.15) is 13.3 Å². The Kier molecular flexibility index (Phi) is 1.34. The first-order valence-corrected chi connectivity index (χ1v) is 2.93. The molecule has 0 saturated heterocycles. The summed E-state index contributed by atoms with van der Waals surface area (Å²) in [5, 5.41) is 3.05. The third-order valence-electron chi connectivity index (χ3n) is 1.68. The minimum atomic E-state index is 0.323. The van der Waals surface area contributed by atoms with Gasteiger partial charge in [-0.15, -0.1) is 0 Å². The lowest BCUT2D eigenvalue weighted by Gasteiger charge is -1.89. The summed E-state index contributed by atoms with van der Waals surface area (Å²) in [6.45, 7) is 1.65. The quantitative estimate of drug-likeness (QED) is 0.553. The molecule has 0 aliphatic heterocycles. The zero-order chi connectivity index (χ0) is 6.15. The summed E-state index contributed by atoms with van der Waals surface area (Å²) in [7, 11) is 1.90. The zero-order valence-corrected chi connectivity index (χ0v) is 5.27. The van der Waals surface area contributed by atoms with Crippen LogP contribution in [0.4, 0.5) is 0 Å². The molecule has 1 rings (SSSR count). The van der Waals surface area contributed by atoms with Gasteiger partial charge in [-0.3, -0.25) is 4.79 Å². The number of nitrogens with one attached hydrogen (secondary N) is 1. The van der Waals surface area contributed by atoms with Crippen molar-refractivity contribution in [1.29, 1.82) is 0 Å². The van der Waals surface area contributed by atoms with Gasteiger partial charge in [0.1, 0.15) is 5.78 Å². The van der Waals surface area contributed by atoms with Gasteiger partial charge in [0.05, 0.1) is 0 Å². The van der Waals surface area contributed by atoms with E-state index in [0.29, 0.717) is 17.7 Å². The number of carbonyl (C=O) groups excluding carboxylic acids is 1. The van der Waals surface area contributed by atoms with Crippen LogP contribution < -0.4 is 5.32 Å². The minimum Gasteiger partial charge on any atom is -0.316 e. The van der Waals surface area contributed by atoms with Crippen LogP contribution in [-0.4, -0.2) is 18.9 Å². The molecular weight excluding hydrogens is 102 g/mol. The van der Waals surface area contributed by atoms with E-state index in [1.165, 1.54) is 0 Å². The van der Waals surface area contributed by atoms with Gasteiger partial charge in [-0.05, 0) is 20.4 Å². The first kappa shape index (κ1) is 5.76. The van der Waals surface area contributed by atoms with Gasteiger partial charge in [0.2, 0.25) is 0 Å². The molecule has 0 amide bonds. The predicted octanol–water partition coefficient (Wildman–Crippen LogP) is 0.183. The lowest BCUT2D eigenvalue weighted by molar-refractivity contribution is -0.118. The second-order valence-corrected chi connectivity index (χ2v) is 2.35. The van der Waals surface area contributed by atoms with Crippen LogP contribution in [0.15, 0.2) is 0 Å². The van der Waals surface area contributed by atoms with Crippen LogP contribution in [0.2, 0.25) is 0 Å². The van der Waals surface area contributed by atoms with Crippen molar-refractivity contribution >= 4 is 5.78 Å². The van der Waals surface area contributed by atoms with Crippen LogP contribution in [0, 0.1) is 5.92 Å². The molecule has 1 aliphatic rings. The average molecular weight is 113 g/mol. The van der Waals surface area contributed by atoms with E-state index in [4.69, 9.17) is 0 Å². The lowest BCUT2D eigenvalue weighted by Crippen LogP contribution is -2.13. The molecular formula is C6H11NO. The van der Waals surface area contributed by atoms with Crippen molar-refractivity contribution in [1.82, 2.24) is 5.32 Å². The largest absolute Gasteiger partial charge is 0.316 e. The Balaban J connectivity index is 2.26. The fourth-order valence-corrected chi connectivity index (χ4v) is 0.963. The molecule has 0 aromatic rings. The van der Waals surface area contributed by atoms with Crippen molar-refractivity contribution in [3.8, 4) is 0 Å². The summed E-state index contributed by atoms with van der Waals surface area (Å²) in [5.41, 5.74) is 0. The Labute approximate surface area is 49.3 Å². The van der Waals surface area contributed by atoms with E-state index in [2.05, 4.69) is 5.32 Å². The molecule has 0 spiro atoms. The molecule has 0 bridgehead atoms. The molecule has 0 aromatic carbocycles. The van der Waals surface area contributed by atoms with Gasteiger partial charge >= 0.3 is 0 Å². The summed E-state index contributed by atoms with van der Waals surface area (Å²) in [5.74, 6) is 0.657. The van der Waals surface area contributed by atoms with E-state index < -0.39 is 0 Å². The molecule has 1 aliphatic carbocycles. The van der Waals surface area contributed by atoms with E-state index in [1.54, 1.807) is 6.92 Å². The number of hydrogen-bond donors (Lipinski definition) is 1. The normalized spacial score (nSPS) is 34.8. The van der Waals surface area contributed by atoms with E-state index in [-0.39, 0.29) is 0 Å². The Bertz CT molecular complexity index is 111. The Morgan fingerprint density at radius 3 is 2.50 bits per heavy atom. The van der Waals surface area contributed by atoms with Crippen LogP contribution in [0.5, 0.6) is 0 Å². The van der Waals surface area contributed by atoms with Crippen LogP contribution in [-0.2, 0) is 4.79 Å². The van der Waals surface area contributed by atoms with E-state index in [1.807, 2.05) is 7.05 Å². The number of carbonyl (C=O) groups is 1. The zero-order valence-electron chi connectivity index (χ0n) is 5.27. The van der Waals surface area contributed by atoms with Crippen molar-refractivity contribution < 1.29 is 4.79 Å². The standard InChI is InChI=1S/C6H11NO/c1-4(8)5-3-6(5)7-2/h5-7H,3H2,1-2H3. The molecule has 1 saturated carbocycles. The van der Waals surface area contributed by atoms with Gasteiger partial charge in [-0.1, -0.05) is 0 Å². The van der Waals surface area contributed by atoms with Crippen molar-refractivity contribution in [3.05, 3.63) is 0 Å². The molecule has 46 valence electrons. The number of ketones is 1. The third kappa shape index (κ3) is 0.892. The van der Waals surface area contributed by atoms with Gasteiger partial charge in [-0.25, -0.2) is 0 Å². The highest BCUT2D eigenvalue weighted by atomic mass is 16.1. The second-order valence-electron chi connectivity index (χ2n) is 2.35. The van der Waals surface area contributed by atoms with Crippen molar-refractivity contribution in [2.24, 2.45) is 5.92 Å². The first-order valence-electron chi connectivity index (χ1n) is 2.93. The van der Waals surface area contributed by atoms with E-state index >= 15 is 0 Å². The maximum atomic E-state index is 10.5. The molecule has 1 N–H and O–H groups in total. The smallest absolute Gasteiger partial charge is 0.134 e. The van der Waals surface area contributed by atoms with Gasteiger partial charge in [-0.2, -0.15) is 0 Å². The number of Topliss-reactive ketones (excluding diaryl/α,β-unsaturated/α-hetero) is 1. The summed E-state index contributed by atoms with van der Waals surface area (Å²) >= 11 is 0. The summed E-state index contributed by atoms with van der Waals surface area (Å²) in [6, 6.07) is 0.493. The fourth-order valence-electron chi connectivity index (χ4n) is 0.963. The molecule has 8 heavy (non-hydrogen) atoms. The third-order valence-corrected chi connectivity index (χ3v) is 1.68. The first-order chi connectivity index (χ1) is 3.75. The van der Waals surface area contributed by atoms with Gasteiger partial charge < -0.3 is 5.32 Å². The number of hydrogen-bond acceptors (Lipinski definition) is 2. The number of rotatable bonds is 2. The molecule has 0 radical (unpaired) electrons. The lowest BCUT2D eigenvalue weighted by atomic mass is 10.3. The average Bonchev–Trinajstić information content (AvgIpc) is 2.42. The van der Waals surface area contributed by atoms with E-state index in [0.717, 1.165) is 6.42 Å². The molecule has 1 fully saturated rings. The maximum Gasteiger partial charge on any atom is 0.134 e. The second kappa shape index (κ2) is 1.86. The van der Waals surface area contributed by atoms with Crippen LogP contribution in [0.3, 0.4) is 0 Å². The summed E-state index contributed by atoms with van der Waals surface area (Å²) in [4.78, 5) is 10.5. The molecule has 2 heteroatoms. The molecule has 2 atom stereocenters. The Morgan fingerprint density at radius 1 is 1.75 bits per heavy atom. The van der Waals surface area contributed by atoms with Crippen molar-refractivity contribution in [2.75, 3.05) is 7.05 Å². The van der Waals surface area contributed by atoms with Crippen LogP contribution in [0.25, 0.3) is 0 Å². The van der Waals surface area contributed by atoms with Gasteiger partial charge in [0.25, 0.3) is 0 Å². The molecule has 0 heterocycles.